The van der Waals surface area contributed by atoms with Crippen molar-refractivity contribution in [3.05, 3.63) is 114 Å². The van der Waals surface area contributed by atoms with Crippen LogP contribution in [0.5, 0.6) is 0 Å². The molecule has 0 bridgehead atoms. The van der Waals surface area contributed by atoms with Gasteiger partial charge in [-0.05, 0) is 67.5 Å². The maximum atomic E-state index is 5.84. The van der Waals surface area contributed by atoms with Gasteiger partial charge in [0, 0.05) is 30.3 Å². The van der Waals surface area contributed by atoms with Crippen LogP contribution in [0.2, 0.25) is 0 Å². The molecule has 3 aromatic heterocycles. The maximum absolute atomic E-state index is 5.84. The predicted octanol–water partition coefficient (Wildman–Crippen LogP) is 5.06. The molecule has 0 spiro atoms. The molecule has 160 valence electrons. The molecular weight excluding hydrogens is 414 g/mol. The Morgan fingerprint density at radius 1 is 0.969 bits per heavy atom. The van der Waals surface area contributed by atoms with E-state index in [0.29, 0.717) is 0 Å². The highest BCUT2D eigenvalue weighted by molar-refractivity contribution is 7.80. The number of aromatic nitrogens is 3. The lowest BCUT2D eigenvalue weighted by Gasteiger charge is -2.28. The van der Waals surface area contributed by atoms with Gasteiger partial charge >= 0.3 is 0 Å². The number of aryl methyl sites for hydroxylation is 1. The van der Waals surface area contributed by atoms with Crippen molar-refractivity contribution in [2.24, 2.45) is 0 Å². The Labute approximate surface area is 193 Å². The molecule has 0 saturated carbocycles. The topological polar surface area (TPSA) is 46.0 Å². The largest absolute Gasteiger partial charge is 0.352 e. The van der Waals surface area contributed by atoms with E-state index in [9.17, 15) is 0 Å². The molecule has 1 aromatic carbocycles. The summed E-state index contributed by atoms with van der Waals surface area (Å²) in [6, 6.07) is 22.8. The monoisotopic (exact) mass is 439 g/mol. The van der Waals surface area contributed by atoms with E-state index in [2.05, 4.69) is 81.1 Å². The minimum atomic E-state index is -0.0322. The second-order valence-corrected chi connectivity index (χ2v) is 8.50. The van der Waals surface area contributed by atoms with Crippen LogP contribution in [-0.2, 0) is 6.54 Å². The molecule has 4 aromatic rings. The van der Waals surface area contributed by atoms with Crippen LogP contribution < -0.4 is 5.32 Å². The van der Waals surface area contributed by atoms with Gasteiger partial charge in [-0.3, -0.25) is 9.97 Å². The lowest BCUT2D eigenvalue weighted by atomic mass is 9.96. The second-order valence-electron chi connectivity index (χ2n) is 8.11. The zero-order valence-corrected chi connectivity index (χ0v) is 19.0. The molecule has 5 nitrogen and oxygen atoms in total. The zero-order valence-electron chi connectivity index (χ0n) is 18.1. The molecule has 1 fully saturated rings. The van der Waals surface area contributed by atoms with Crippen molar-refractivity contribution in [3.63, 3.8) is 0 Å². The second kappa shape index (κ2) is 8.55. The molecule has 1 N–H and O–H groups in total. The first kappa shape index (κ1) is 20.4. The lowest BCUT2D eigenvalue weighted by molar-refractivity contribution is 0.310. The van der Waals surface area contributed by atoms with Gasteiger partial charge in [-0.15, -0.1) is 0 Å². The van der Waals surface area contributed by atoms with E-state index in [4.69, 9.17) is 12.2 Å². The normalized spacial score (nSPS) is 18.1. The van der Waals surface area contributed by atoms with Crippen molar-refractivity contribution in [2.45, 2.75) is 32.5 Å². The summed E-state index contributed by atoms with van der Waals surface area (Å²) in [5, 5.41) is 4.31. The summed E-state index contributed by atoms with van der Waals surface area (Å²) in [4.78, 5) is 11.3. The third kappa shape index (κ3) is 3.67. The summed E-state index contributed by atoms with van der Waals surface area (Å²) in [6.45, 7) is 5.05. The Hall–Kier alpha value is -3.51. The van der Waals surface area contributed by atoms with Crippen molar-refractivity contribution >= 4 is 17.3 Å². The fourth-order valence-electron chi connectivity index (χ4n) is 4.66. The van der Waals surface area contributed by atoms with Crippen molar-refractivity contribution in [1.29, 1.82) is 0 Å². The highest BCUT2D eigenvalue weighted by Gasteiger charge is 2.41. The maximum Gasteiger partial charge on any atom is 0.170 e. The van der Waals surface area contributed by atoms with E-state index in [0.717, 1.165) is 23.0 Å². The van der Waals surface area contributed by atoms with Crippen LogP contribution in [0.4, 0.5) is 0 Å². The molecule has 2 atom stereocenters. The summed E-state index contributed by atoms with van der Waals surface area (Å²) in [7, 11) is 0. The van der Waals surface area contributed by atoms with Crippen molar-refractivity contribution in [2.75, 3.05) is 0 Å². The number of rotatable bonds is 5. The fraction of sp³-hybridized carbons (Fsp3) is 0.192. The lowest BCUT2D eigenvalue weighted by Crippen LogP contribution is -2.29. The van der Waals surface area contributed by atoms with Gasteiger partial charge in [-0.2, -0.15) is 0 Å². The molecule has 5 rings (SSSR count). The molecular formula is C26H25N5S. The quantitative estimate of drug-likeness (QED) is 0.441. The van der Waals surface area contributed by atoms with Crippen LogP contribution in [0.15, 0.2) is 85.3 Å². The smallest absolute Gasteiger partial charge is 0.170 e. The first-order chi connectivity index (χ1) is 15.6. The van der Waals surface area contributed by atoms with Gasteiger partial charge in [0.1, 0.15) is 0 Å². The SMILES string of the molecule is Cc1cc([C@@H]2[C@H](c3ccccn3)NC(=S)N2Cc2ccccc2)c(C)n1-c1cccnc1. The number of thiocarbonyl (C=S) groups is 1. The number of hydrogen-bond acceptors (Lipinski definition) is 3. The number of nitrogens with zero attached hydrogens (tertiary/aromatic N) is 4. The third-order valence-corrected chi connectivity index (χ3v) is 6.44. The number of pyridine rings is 2. The standard InChI is InChI=1S/C26H25N5S/c1-18-15-22(19(2)31(18)21-11-8-13-27-16-21)25-24(23-12-6-7-14-28-23)29-26(32)30(25)17-20-9-4-3-5-10-20/h3-16,24-25H,17H2,1-2H3,(H,29,32)/t24-,25+/m0/s1. The molecule has 0 amide bonds. The number of nitrogens with one attached hydrogen (secondary N) is 1. The molecule has 0 aliphatic carbocycles. The van der Waals surface area contributed by atoms with Crippen molar-refractivity contribution < 1.29 is 0 Å². The van der Waals surface area contributed by atoms with Crippen LogP contribution >= 0.6 is 12.2 Å². The van der Waals surface area contributed by atoms with E-state index >= 15 is 0 Å². The first-order valence-electron chi connectivity index (χ1n) is 10.7. The Kier molecular flexibility index (Phi) is 5.45. The Morgan fingerprint density at radius 3 is 2.50 bits per heavy atom. The van der Waals surface area contributed by atoms with Crippen LogP contribution in [-0.4, -0.2) is 24.5 Å². The first-order valence-corrected chi connectivity index (χ1v) is 11.2. The Balaban J connectivity index is 1.62. The van der Waals surface area contributed by atoms with Crippen molar-refractivity contribution in [3.8, 4) is 5.69 Å². The van der Waals surface area contributed by atoms with Gasteiger partial charge in [0.25, 0.3) is 0 Å². The minimum Gasteiger partial charge on any atom is -0.352 e. The predicted molar refractivity (Wildman–Crippen MR) is 130 cm³/mol. The molecule has 1 aliphatic heterocycles. The molecule has 0 unspecified atom stereocenters. The van der Waals surface area contributed by atoms with Crippen LogP contribution in [0, 0.1) is 13.8 Å². The fourth-order valence-corrected chi connectivity index (χ4v) is 4.97. The molecule has 0 radical (unpaired) electrons. The number of hydrogen-bond donors (Lipinski definition) is 1. The van der Waals surface area contributed by atoms with Gasteiger partial charge in [0.05, 0.1) is 29.7 Å². The van der Waals surface area contributed by atoms with Crippen LogP contribution in [0.3, 0.4) is 0 Å². The molecule has 32 heavy (non-hydrogen) atoms. The van der Waals surface area contributed by atoms with Gasteiger partial charge in [-0.1, -0.05) is 36.4 Å². The van der Waals surface area contributed by atoms with Crippen molar-refractivity contribution in [1.82, 2.24) is 24.8 Å². The summed E-state index contributed by atoms with van der Waals surface area (Å²) < 4.78 is 2.26. The molecule has 4 heterocycles. The Bertz CT molecular complexity index is 1220. The molecule has 1 saturated heterocycles. The molecule has 1 aliphatic rings. The van der Waals surface area contributed by atoms with E-state index < -0.39 is 0 Å². The van der Waals surface area contributed by atoms with Crippen LogP contribution in [0.25, 0.3) is 5.69 Å². The zero-order chi connectivity index (χ0) is 22.1. The van der Waals surface area contributed by atoms with Gasteiger partial charge in [-0.25, -0.2) is 0 Å². The van der Waals surface area contributed by atoms with E-state index in [1.165, 1.54) is 22.5 Å². The minimum absolute atomic E-state index is 0.0224. The van der Waals surface area contributed by atoms with E-state index in [-0.39, 0.29) is 12.1 Å². The summed E-state index contributed by atoms with van der Waals surface area (Å²) in [5.41, 5.74) is 6.87. The highest BCUT2D eigenvalue weighted by atomic mass is 32.1. The Morgan fingerprint density at radius 2 is 1.78 bits per heavy atom. The third-order valence-electron chi connectivity index (χ3n) is 6.09. The average Bonchev–Trinajstić information content (AvgIpc) is 3.30. The highest BCUT2D eigenvalue weighted by Crippen LogP contribution is 2.42. The van der Waals surface area contributed by atoms with Gasteiger partial charge < -0.3 is 14.8 Å². The van der Waals surface area contributed by atoms with Gasteiger partial charge in [0.15, 0.2) is 5.11 Å². The van der Waals surface area contributed by atoms with E-state index in [1.54, 1.807) is 6.20 Å². The van der Waals surface area contributed by atoms with Crippen LogP contribution in [0.1, 0.15) is 40.3 Å². The number of benzene rings is 1. The summed E-state index contributed by atoms with van der Waals surface area (Å²) >= 11 is 5.84. The van der Waals surface area contributed by atoms with Gasteiger partial charge in [0.2, 0.25) is 0 Å². The van der Waals surface area contributed by atoms with E-state index in [1.807, 2.05) is 36.7 Å². The summed E-state index contributed by atoms with van der Waals surface area (Å²) in [6.07, 6.45) is 5.55. The molecule has 6 heteroatoms. The summed E-state index contributed by atoms with van der Waals surface area (Å²) in [5.74, 6) is 0. The average molecular weight is 440 g/mol.